The fraction of sp³-hybridized carbons (Fsp3) is 0.395. The van der Waals surface area contributed by atoms with E-state index in [4.69, 9.17) is 24.7 Å². The van der Waals surface area contributed by atoms with E-state index in [1.165, 1.54) is 0 Å². The third-order valence-electron chi connectivity index (χ3n) is 10.5. The fourth-order valence-electron chi connectivity index (χ4n) is 7.43. The van der Waals surface area contributed by atoms with Gasteiger partial charge in [0.2, 0.25) is 11.8 Å². The van der Waals surface area contributed by atoms with Crippen molar-refractivity contribution in [3.05, 3.63) is 119 Å². The van der Waals surface area contributed by atoms with Crippen LogP contribution in [0.25, 0.3) is 11.1 Å². The van der Waals surface area contributed by atoms with Gasteiger partial charge in [-0.3, -0.25) is 9.59 Å². The summed E-state index contributed by atoms with van der Waals surface area (Å²) in [5.74, 6) is -0.707. The number of piperidine rings is 1. The Hall–Kier alpha value is -4.62. The van der Waals surface area contributed by atoms with Crippen molar-refractivity contribution in [2.75, 3.05) is 43.9 Å². The van der Waals surface area contributed by atoms with Crippen molar-refractivity contribution in [3.8, 4) is 11.1 Å². The van der Waals surface area contributed by atoms with E-state index in [-0.39, 0.29) is 43.5 Å². The van der Waals surface area contributed by atoms with Crippen LogP contribution in [0.15, 0.2) is 97.1 Å². The molecule has 3 aliphatic heterocycles. The summed E-state index contributed by atoms with van der Waals surface area (Å²) in [5, 5.41) is 15.4. The molecule has 54 heavy (non-hydrogen) atoms. The molecule has 3 aliphatic rings. The lowest BCUT2D eigenvalue weighted by Gasteiger charge is -2.41. The maximum atomic E-state index is 12.6. The van der Waals surface area contributed by atoms with Gasteiger partial charge in [-0.25, -0.2) is 0 Å². The van der Waals surface area contributed by atoms with Crippen LogP contribution in [0.5, 0.6) is 0 Å². The molecule has 0 radical (unpaired) electrons. The van der Waals surface area contributed by atoms with Gasteiger partial charge in [0.25, 0.3) is 0 Å². The van der Waals surface area contributed by atoms with Gasteiger partial charge in [0.15, 0.2) is 12.1 Å². The Morgan fingerprint density at radius 1 is 0.796 bits per heavy atom. The first-order chi connectivity index (χ1) is 26.3. The third kappa shape index (κ3) is 9.72. The Morgan fingerprint density at radius 3 is 2.28 bits per heavy atom. The number of ether oxygens (including phenoxy) is 4. The van der Waals surface area contributed by atoms with Gasteiger partial charge in [-0.15, -0.1) is 0 Å². The number of aliphatic hydroxyl groups excluding tert-OH is 1. The van der Waals surface area contributed by atoms with E-state index < -0.39 is 12.1 Å². The highest BCUT2D eigenvalue weighted by Crippen LogP contribution is 2.40. The Kier molecular flexibility index (Phi) is 12.3. The molecule has 0 aliphatic carbocycles. The number of amides is 2. The molecular formula is C43H50N4O7. The molecule has 3 atom stereocenters. The van der Waals surface area contributed by atoms with Gasteiger partial charge in [-0.1, -0.05) is 72.8 Å². The zero-order chi connectivity index (χ0) is 37.3. The number of aliphatic hydroxyl groups is 1. The minimum Gasteiger partial charge on any atom is -0.397 e. The van der Waals surface area contributed by atoms with Gasteiger partial charge in [0, 0.05) is 63.8 Å². The summed E-state index contributed by atoms with van der Waals surface area (Å²) in [7, 11) is 0. The predicted octanol–water partition coefficient (Wildman–Crippen LogP) is 6.24. The minimum atomic E-state index is -0.571. The Bertz CT molecular complexity index is 1870. The lowest BCUT2D eigenvalue weighted by Crippen LogP contribution is -2.48. The Labute approximate surface area is 316 Å². The van der Waals surface area contributed by atoms with E-state index in [0.717, 1.165) is 65.9 Å². The molecule has 0 bridgehead atoms. The Balaban J connectivity index is 0.970. The summed E-state index contributed by atoms with van der Waals surface area (Å²) in [6, 6.07) is 31.4. The van der Waals surface area contributed by atoms with E-state index in [0.29, 0.717) is 44.0 Å². The molecule has 4 aromatic rings. The highest BCUT2D eigenvalue weighted by molar-refractivity contribution is 5.94. The number of likely N-dealkylation sites (tertiary alicyclic amines) is 1. The maximum absolute atomic E-state index is 12.6. The van der Waals surface area contributed by atoms with Crippen LogP contribution in [0.1, 0.15) is 73.2 Å². The normalized spacial score (nSPS) is 21.2. The fourth-order valence-corrected chi connectivity index (χ4v) is 7.43. The number of nitrogens with zero attached hydrogens (tertiary/aromatic N) is 1. The number of rotatable bonds is 13. The molecule has 0 aromatic heterocycles. The number of hydrogen-bond donors (Lipinski definition) is 4. The molecule has 0 unspecified atom stereocenters. The first-order valence-corrected chi connectivity index (χ1v) is 19.0. The van der Waals surface area contributed by atoms with Gasteiger partial charge >= 0.3 is 0 Å². The van der Waals surface area contributed by atoms with Crippen molar-refractivity contribution in [1.82, 2.24) is 10.2 Å². The van der Waals surface area contributed by atoms with E-state index in [2.05, 4.69) is 39.8 Å². The third-order valence-corrected chi connectivity index (χ3v) is 10.5. The summed E-state index contributed by atoms with van der Waals surface area (Å²) in [6.45, 7) is 4.25. The van der Waals surface area contributed by atoms with Crippen molar-refractivity contribution < 1.29 is 33.6 Å². The molecule has 1 spiro atoms. The molecule has 7 rings (SSSR count). The SMILES string of the molecule is Nc1ccccc1NC(=O)CCCC(=O)NCc1cccc(-c2cccc([C@@H]3O[C@H](CN4CCC5(CC4)OCCO5)C[C@H](c4ccc(CO)cc4)O3)c2)c1. The number of nitrogens with two attached hydrogens (primary N) is 1. The van der Waals surface area contributed by atoms with Crippen molar-refractivity contribution in [1.29, 1.82) is 0 Å². The molecule has 2 amide bonds. The molecule has 11 heteroatoms. The summed E-state index contributed by atoms with van der Waals surface area (Å²) in [6.07, 6.45) is 2.51. The zero-order valence-corrected chi connectivity index (χ0v) is 30.6. The first-order valence-electron chi connectivity index (χ1n) is 19.0. The van der Waals surface area contributed by atoms with Crippen LogP contribution < -0.4 is 16.4 Å². The molecule has 5 N–H and O–H groups in total. The number of para-hydroxylation sites is 2. The van der Waals surface area contributed by atoms with Gasteiger partial charge in [-0.05, 0) is 58.5 Å². The highest BCUT2D eigenvalue weighted by atomic mass is 16.7. The second-order valence-corrected chi connectivity index (χ2v) is 14.3. The van der Waals surface area contributed by atoms with Crippen molar-refractivity contribution >= 4 is 23.2 Å². The standard InChI is InChI=1S/C43H50N4O7/c44-37-10-1-2-11-38(37)46-41(50)13-5-12-40(49)45-27-31-6-3-7-33(24-31)34-8-4-9-35(25-34)42-53-36(26-39(54-42)32-16-14-30(29-48)15-17-32)28-47-20-18-43(19-21-47)51-22-23-52-43/h1-4,6-11,14-17,24-25,36,39,42,48H,5,12-13,18-23,26-29,44H2,(H,45,49)(H,46,50)/t36-,39+,42+/m0/s1. The minimum absolute atomic E-state index is 0.00336. The van der Waals surface area contributed by atoms with Crippen LogP contribution in [0.3, 0.4) is 0 Å². The second-order valence-electron chi connectivity index (χ2n) is 14.3. The molecule has 3 fully saturated rings. The maximum Gasteiger partial charge on any atom is 0.224 e. The van der Waals surface area contributed by atoms with Crippen LogP contribution >= 0.6 is 0 Å². The average Bonchev–Trinajstić information content (AvgIpc) is 3.67. The summed E-state index contributed by atoms with van der Waals surface area (Å²) in [4.78, 5) is 27.4. The quantitative estimate of drug-likeness (QED) is 0.117. The molecular weight excluding hydrogens is 684 g/mol. The number of nitrogens with one attached hydrogen (secondary N) is 2. The lowest BCUT2D eigenvalue weighted by molar-refractivity contribution is -0.255. The lowest BCUT2D eigenvalue weighted by atomic mass is 9.97. The summed E-state index contributed by atoms with van der Waals surface area (Å²) >= 11 is 0. The number of carbonyl (C=O) groups is 2. The van der Waals surface area contributed by atoms with Crippen LogP contribution in [0, 0.1) is 0 Å². The van der Waals surface area contributed by atoms with Crippen molar-refractivity contribution in [2.45, 2.75) is 76.0 Å². The smallest absolute Gasteiger partial charge is 0.224 e. The molecule has 11 nitrogen and oxygen atoms in total. The van der Waals surface area contributed by atoms with Gasteiger partial charge in [-0.2, -0.15) is 0 Å². The van der Waals surface area contributed by atoms with E-state index in [1.54, 1.807) is 12.1 Å². The van der Waals surface area contributed by atoms with Crippen LogP contribution in [0.2, 0.25) is 0 Å². The largest absolute Gasteiger partial charge is 0.397 e. The number of carbonyl (C=O) groups excluding carboxylic acids is 2. The van der Waals surface area contributed by atoms with Crippen LogP contribution in [0.4, 0.5) is 11.4 Å². The van der Waals surface area contributed by atoms with E-state index in [9.17, 15) is 14.7 Å². The van der Waals surface area contributed by atoms with Gasteiger partial charge in [0.1, 0.15) is 0 Å². The predicted molar refractivity (Wildman–Crippen MR) is 206 cm³/mol. The number of anilines is 2. The van der Waals surface area contributed by atoms with Crippen molar-refractivity contribution in [3.63, 3.8) is 0 Å². The van der Waals surface area contributed by atoms with Crippen LogP contribution in [-0.4, -0.2) is 66.6 Å². The average molecular weight is 735 g/mol. The highest BCUT2D eigenvalue weighted by Gasteiger charge is 2.41. The van der Waals surface area contributed by atoms with E-state index >= 15 is 0 Å². The molecule has 3 saturated heterocycles. The molecule has 0 saturated carbocycles. The first kappa shape index (κ1) is 37.7. The Morgan fingerprint density at radius 2 is 1.52 bits per heavy atom. The monoisotopic (exact) mass is 734 g/mol. The molecule has 284 valence electrons. The summed E-state index contributed by atoms with van der Waals surface area (Å²) in [5.41, 5.74) is 12.8. The summed E-state index contributed by atoms with van der Waals surface area (Å²) < 4.78 is 25.3. The van der Waals surface area contributed by atoms with Gasteiger partial charge in [0.05, 0.1) is 43.4 Å². The molecule has 4 aromatic carbocycles. The van der Waals surface area contributed by atoms with Gasteiger partial charge < -0.3 is 45.3 Å². The number of nitrogen functional groups attached to an aromatic ring is 1. The topological polar surface area (TPSA) is 145 Å². The number of benzene rings is 4. The molecule has 3 heterocycles. The van der Waals surface area contributed by atoms with E-state index in [1.807, 2.05) is 60.7 Å². The van der Waals surface area contributed by atoms with Crippen molar-refractivity contribution in [2.24, 2.45) is 0 Å². The second kappa shape index (κ2) is 17.7. The zero-order valence-electron chi connectivity index (χ0n) is 30.6. The van der Waals surface area contributed by atoms with Crippen LogP contribution in [-0.2, 0) is 41.7 Å². The number of hydrogen-bond acceptors (Lipinski definition) is 9.